The largest absolute Gasteiger partial charge is 0.604 e. The molecule has 2 aromatic rings. The van der Waals surface area contributed by atoms with E-state index < -0.39 is 60.6 Å². The van der Waals surface area contributed by atoms with Crippen LogP contribution in [0.4, 0.5) is 32.2 Å². The van der Waals surface area contributed by atoms with Gasteiger partial charge in [0.2, 0.25) is 10.6 Å². The highest BCUT2D eigenvalue weighted by Crippen LogP contribution is 2.42. The van der Waals surface area contributed by atoms with Gasteiger partial charge >= 0.3 is 11.7 Å². The molecular formula is C16H10Cl2F6N4OS. The van der Waals surface area contributed by atoms with Crippen LogP contribution < -0.4 is 5.32 Å². The molecule has 0 saturated heterocycles. The Kier molecular flexibility index (Phi) is 6.92. The third-order valence-corrected chi connectivity index (χ3v) is 5.21. The van der Waals surface area contributed by atoms with Gasteiger partial charge in [-0.2, -0.15) is 18.4 Å². The van der Waals surface area contributed by atoms with Gasteiger partial charge < -0.3 is 9.87 Å². The highest BCUT2D eigenvalue weighted by molar-refractivity contribution is 7.92. The average Bonchev–Trinajstić information content (AvgIpc) is 2.95. The molecule has 1 aromatic carbocycles. The molecule has 0 amide bonds. The van der Waals surface area contributed by atoms with Crippen molar-refractivity contribution in [1.29, 1.82) is 5.26 Å². The fourth-order valence-electron chi connectivity index (χ4n) is 2.25. The molecule has 162 valence electrons. The van der Waals surface area contributed by atoms with Crippen LogP contribution in [0.3, 0.4) is 0 Å². The number of nitrogens with zero attached hydrogens (tertiary/aromatic N) is 3. The number of aromatic nitrogens is 2. The van der Waals surface area contributed by atoms with E-state index in [1.165, 1.54) is 13.0 Å². The minimum Gasteiger partial charge on any atom is -0.604 e. The Morgan fingerprint density at radius 3 is 2.20 bits per heavy atom. The van der Waals surface area contributed by atoms with Crippen LogP contribution >= 0.6 is 23.2 Å². The molecule has 14 heteroatoms. The Morgan fingerprint density at radius 1 is 1.27 bits per heavy atom. The van der Waals surface area contributed by atoms with E-state index in [4.69, 9.17) is 23.2 Å². The first kappa shape index (κ1) is 24.2. The van der Waals surface area contributed by atoms with Crippen molar-refractivity contribution >= 4 is 40.2 Å². The Balaban J connectivity index is 2.82. The van der Waals surface area contributed by atoms with Crippen molar-refractivity contribution in [1.82, 2.24) is 9.78 Å². The molecule has 0 bridgehead atoms. The normalized spacial score (nSPS) is 13.1. The number of nitriles is 1. The van der Waals surface area contributed by atoms with Gasteiger partial charge in [0, 0.05) is 6.54 Å². The summed E-state index contributed by atoms with van der Waals surface area (Å²) in [5.74, 6) is -0.575. The summed E-state index contributed by atoms with van der Waals surface area (Å²) < 4.78 is 90.9. The molecule has 30 heavy (non-hydrogen) atoms. The maximum Gasteiger partial charge on any atom is 0.578 e. The second kappa shape index (κ2) is 8.58. The Labute approximate surface area is 179 Å². The smallest absolute Gasteiger partial charge is 0.578 e. The summed E-state index contributed by atoms with van der Waals surface area (Å²) in [7, 11) is 0. The van der Waals surface area contributed by atoms with Gasteiger partial charge in [-0.05, 0) is 19.1 Å². The number of rotatable bonds is 5. The van der Waals surface area contributed by atoms with E-state index >= 15 is 0 Å². The predicted octanol–water partition coefficient (Wildman–Crippen LogP) is 5.68. The molecule has 0 aliphatic carbocycles. The van der Waals surface area contributed by atoms with Crippen LogP contribution in [0.1, 0.15) is 18.2 Å². The third kappa shape index (κ3) is 4.97. The van der Waals surface area contributed by atoms with Gasteiger partial charge in [0.25, 0.3) is 0 Å². The van der Waals surface area contributed by atoms with Gasteiger partial charge in [0.15, 0.2) is 5.82 Å². The van der Waals surface area contributed by atoms with Crippen LogP contribution in [0.15, 0.2) is 29.2 Å². The molecular weight excluding hydrogens is 481 g/mol. The van der Waals surface area contributed by atoms with Crippen LogP contribution in [-0.4, -0.2) is 26.4 Å². The van der Waals surface area contributed by atoms with Gasteiger partial charge in [0.1, 0.15) is 22.9 Å². The Morgan fingerprint density at radius 2 is 1.80 bits per heavy atom. The third-order valence-electron chi connectivity index (χ3n) is 3.46. The minimum absolute atomic E-state index is 0.130. The first-order valence-electron chi connectivity index (χ1n) is 7.65. The zero-order valence-corrected chi connectivity index (χ0v) is 17.1. The zero-order chi connectivity index (χ0) is 23.0. The maximum atomic E-state index is 13.1. The lowest BCUT2D eigenvalue weighted by atomic mass is 10.2. The van der Waals surface area contributed by atoms with Crippen molar-refractivity contribution in [2.24, 2.45) is 0 Å². The fraction of sp³-hybridized carbons (Fsp3) is 0.250. The number of benzene rings is 1. The molecule has 5 nitrogen and oxygen atoms in total. The first-order chi connectivity index (χ1) is 13.7. The van der Waals surface area contributed by atoms with E-state index in [-0.39, 0.29) is 6.54 Å². The van der Waals surface area contributed by atoms with Gasteiger partial charge in [-0.3, -0.25) is 0 Å². The lowest BCUT2D eigenvalue weighted by Gasteiger charge is -2.17. The second-order valence-electron chi connectivity index (χ2n) is 5.86. The van der Waals surface area contributed by atoms with E-state index in [1.807, 2.05) is 0 Å². The fourth-order valence-corrected chi connectivity index (χ4v) is 3.73. The monoisotopic (exact) mass is 490 g/mol. The van der Waals surface area contributed by atoms with Crippen LogP contribution in [0.25, 0.3) is 5.69 Å². The summed E-state index contributed by atoms with van der Waals surface area (Å²) in [5.41, 5.74) is -7.31. The van der Waals surface area contributed by atoms with Crippen molar-refractivity contribution in [3.05, 3.63) is 45.6 Å². The summed E-state index contributed by atoms with van der Waals surface area (Å²) in [6.45, 7) is 4.96. The molecule has 1 aromatic heterocycles. The van der Waals surface area contributed by atoms with Crippen molar-refractivity contribution in [2.75, 3.05) is 11.9 Å². The van der Waals surface area contributed by atoms with Crippen LogP contribution in [0.5, 0.6) is 0 Å². The highest BCUT2D eigenvalue weighted by atomic mass is 35.5. The van der Waals surface area contributed by atoms with Gasteiger partial charge in [-0.25, -0.2) is 4.68 Å². The van der Waals surface area contributed by atoms with Crippen molar-refractivity contribution in [2.45, 2.75) is 23.5 Å². The van der Waals surface area contributed by atoms with Gasteiger partial charge in [0.05, 0.1) is 15.6 Å². The molecule has 1 N–H and O–H groups in total. The molecule has 0 fully saturated rings. The summed E-state index contributed by atoms with van der Waals surface area (Å²) in [6.07, 6.45) is -4.79. The van der Waals surface area contributed by atoms with Crippen LogP contribution in [0.2, 0.25) is 10.0 Å². The van der Waals surface area contributed by atoms with Crippen LogP contribution in [0, 0.1) is 11.3 Å². The predicted molar refractivity (Wildman–Crippen MR) is 99.1 cm³/mol. The Hall–Kier alpha value is -2.07. The number of anilines is 1. The summed E-state index contributed by atoms with van der Waals surface area (Å²) in [5, 5.41) is 14.1. The number of halogens is 8. The lowest BCUT2D eigenvalue weighted by Crippen LogP contribution is -2.25. The van der Waals surface area contributed by atoms with E-state index in [1.54, 1.807) is 0 Å². The molecule has 0 radical (unpaired) electrons. The van der Waals surface area contributed by atoms with Crippen molar-refractivity contribution < 1.29 is 30.9 Å². The minimum atomic E-state index is -5.24. The number of hydrogen-bond donors (Lipinski definition) is 1. The number of hydrogen-bond acceptors (Lipinski definition) is 4. The molecule has 0 aliphatic heterocycles. The molecule has 1 heterocycles. The van der Waals surface area contributed by atoms with Gasteiger partial charge in [-0.15, -0.1) is 18.3 Å². The average molecular weight is 491 g/mol. The maximum absolute atomic E-state index is 13.1. The van der Waals surface area contributed by atoms with Crippen molar-refractivity contribution in [3.63, 3.8) is 0 Å². The van der Waals surface area contributed by atoms with Crippen molar-refractivity contribution in [3.8, 4) is 11.8 Å². The lowest BCUT2D eigenvalue weighted by molar-refractivity contribution is -0.137. The summed E-state index contributed by atoms with van der Waals surface area (Å²) >= 11 is 8.14. The quantitative estimate of drug-likeness (QED) is 0.332. The van der Waals surface area contributed by atoms with E-state index in [2.05, 4.69) is 17.0 Å². The molecule has 1 unspecified atom stereocenters. The second-order valence-corrected chi connectivity index (χ2v) is 8.08. The standard InChI is InChI=1S/C16H10Cl2F6N4OS/c1-7(2)6-26-14-13(30(29)16(22,23)24)11(5-25)27-28(14)12-9(17)3-8(4-10(12)18)15(19,20)21/h3-4,26H,1,6H2,2H3. The van der Waals surface area contributed by atoms with Gasteiger partial charge in [-0.1, -0.05) is 35.4 Å². The summed E-state index contributed by atoms with van der Waals surface area (Å²) in [6, 6.07) is 2.39. The molecule has 2 rings (SSSR count). The summed E-state index contributed by atoms with van der Waals surface area (Å²) in [4.78, 5) is -1.02. The molecule has 0 aliphatic rings. The number of nitrogens with one attached hydrogen (secondary N) is 1. The van der Waals surface area contributed by atoms with E-state index in [0.29, 0.717) is 22.4 Å². The molecule has 1 atom stereocenters. The highest BCUT2D eigenvalue weighted by Gasteiger charge is 2.50. The molecule has 0 spiro atoms. The number of alkyl halides is 6. The van der Waals surface area contributed by atoms with E-state index in [0.717, 1.165) is 0 Å². The topological polar surface area (TPSA) is 76.7 Å². The Bertz CT molecular complexity index is 1010. The zero-order valence-electron chi connectivity index (χ0n) is 14.8. The van der Waals surface area contributed by atoms with Crippen LogP contribution in [-0.2, 0) is 17.4 Å². The molecule has 0 saturated carbocycles. The first-order valence-corrected chi connectivity index (χ1v) is 9.55. The van der Waals surface area contributed by atoms with E-state index in [9.17, 15) is 36.2 Å². The SMILES string of the molecule is C=C(C)CNc1c([S+]([O-])C(F)(F)F)c(C#N)nn1-c1c(Cl)cc(C(F)(F)F)cc1Cl.